The zero-order valence-corrected chi connectivity index (χ0v) is 7.70. The Morgan fingerprint density at radius 1 is 1.08 bits per heavy atom. The van der Waals surface area contributed by atoms with Crippen LogP contribution in [0.3, 0.4) is 0 Å². The number of hydrogen-bond donors (Lipinski definition) is 2. The number of rotatable bonds is 4. The quantitative estimate of drug-likeness (QED) is 0.462. The van der Waals surface area contributed by atoms with Gasteiger partial charge in [-0.2, -0.15) is 11.8 Å². The molecule has 0 aliphatic carbocycles. The van der Waals surface area contributed by atoms with Crippen LogP contribution >= 0.6 is 0 Å². The van der Waals surface area contributed by atoms with E-state index in [1.807, 2.05) is 0 Å². The lowest BCUT2D eigenvalue weighted by Crippen LogP contribution is -2.43. The monoisotopic (exact) mass is 190 g/mol. The van der Waals surface area contributed by atoms with Gasteiger partial charge in [-0.05, 0) is 12.8 Å². The summed E-state index contributed by atoms with van der Waals surface area (Å²) >= 11 is 0. The van der Waals surface area contributed by atoms with Crippen LogP contribution in [0.2, 0.25) is 0 Å². The molecule has 0 aliphatic rings. The minimum atomic E-state index is -1.37. The first-order valence-corrected chi connectivity index (χ1v) is 3.91. The van der Waals surface area contributed by atoms with E-state index in [0.29, 0.717) is 0 Å². The molecule has 0 heterocycles. The first-order chi connectivity index (χ1) is 6.08. The molecule has 0 aromatic carbocycles. The summed E-state index contributed by atoms with van der Waals surface area (Å²) in [6.45, 7) is 3.30. The molecule has 6 nitrogen and oxygen atoms in total. The third kappa shape index (κ3) is 1.96. The van der Waals surface area contributed by atoms with Crippen LogP contribution in [0.1, 0.15) is 26.7 Å². The molecule has 0 rings (SSSR count). The average Bonchev–Trinajstić information content (AvgIpc) is 2.19. The molecule has 0 fully saturated rings. The summed E-state index contributed by atoms with van der Waals surface area (Å²) < 4.78 is 0. The van der Waals surface area contributed by atoms with Gasteiger partial charge in [-0.1, -0.05) is 13.8 Å². The fourth-order valence-corrected chi connectivity index (χ4v) is 1.14. The molecule has 0 aliphatic heterocycles. The van der Waals surface area contributed by atoms with Crippen LogP contribution in [-0.2, 0) is 19.3 Å². The Hall–Kier alpha value is -1.14. The van der Waals surface area contributed by atoms with Gasteiger partial charge in [-0.15, -0.1) is 0 Å². The summed E-state index contributed by atoms with van der Waals surface area (Å²) in [6.07, 6.45) is 0.463. The van der Waals surface area contributed by atoms with Crippen molar-refractivity contribution in [1.82, 2.24) is 0 Å². The van der Waals surface area contributed by atoms with Gasteiger partial charge in [-0.25, -0.2) is 9.59 Å². The van der Waals surface area contributed by atoms with Crippen molar-refractivity contribution < 1.29 is 19.3 Å². The zero-order valence-electron chi connectivity index (χ0n) is 7.70. The van der Waals surface area contributed by atoms with E-state index >= 15 is 0 Å². The number of carbonyl (C=O) groups is 2. The summed E-state index contributed by atoms with van der Waals surface area (Å²) in [4.78, 5) is 30.4. The molecule has 0 unspecified atom stereocenters. The minimum absolute atomic E-state index is 0.232. The Morgan fingerprint density at radius 2 is 1.38 bits per heavy atom. The third-order valence-electron chi connectivity index (χ3n) is 2.20. The highest BCUT2D eigenvalue weighted by atomic mass is 16.7. The van der Waals surface area contributed by atoms with Gasteiger partial charge in [0, 0.05) is 0 Å². The molecule has 0 aromatic heterocycles. The maximum Gasteiger partial charge on any atom is 0.341 e. The van der Waals surface area contributed by atoms with Crippen molar-refractivity contribution in [3.05, 3.63) is 0 Å². The summed E-state index contributed by atoms with van der Waals surface area (Å²) in [7, 11) is 0. The van der Waals surface area contributed by atoms with Gasteiger partial charge in [0.2, 0.25) is 0 Å². The normalized spacial score (nSPS) is 10.8. The second-order valence-corrected chi connectivity index (χ2v) is 2.60. The molecule has 76 valence electrons. The van der Waals surface area contributed by atoms with E-state index in [9.17, 15) is 9.59 Å². The van der Waals surface area contributed by atoms with Gasteiger partial charge in [-0.3, -0.25) is 0 Å². The molecule has 0 bridgehead atoms. The Bertz CT molecular complexity index is 183. The van der Waals surface area contributed by atoms with Gasteiger partial charge < -0.3 is 9.68 Å². The van der Waals surface area contributed by atoms with E-state index in [-0.39, 0.29) is 12.8 Å². The summed E-state index contributed by atoms with van der Waals surface area (Å²) in [5, 5.41) is 0. The van der Waals surface area contributed by atoms with Crippen molar-refractivity contribution in [2.75, 3.05) is 0 Å². The van der Waals surface area contributed by atoms with E-state index in [1.165, 1.54) is 0 Å². The number of nitrogens with two attached hydrogens (primary N) is 2. The van der Waals surface area contributed by atoms with Crippen molar-refractivity contribution in [1.29, 1.82) is 0 Å². The molecule has 0 amide bonds. The smallest absolute Gasteiger partial charge is 0.341 e. The van der Waals surface area contributed by atoms with Gasteiger partial charge in [0.15, 0.2) is 5.41 Å². The van der Waals surface area contributed by atoms with E-state index < -0.39 is 17.4 Å². The van der Waals surface area contributed by atoms with E-state index in [4.69, 9.17) is 11.8 Å². The molecule has 0 saturated carbocycles. The summed E-state index contributed by atoms with van der Waals surface area (Å²) in [5.41, 5.74) is -1.37. The zero-order chi connectivity index (χ0) is 10.5. The van der Waals surface area contributed by atoms with Crippen molar-refractivity contribution in [2.45, 2.75) is 26.7 Å². The summed E-state index contributed by atoms with van der Waals surface area (Å²) in [5.74, 6) is 7.76. The van der Waals surface area contributed by atoms with Gasteiger partial charge in [0.05, 0.1) is 0 Å². The van der Waals surface area contributed by atoms with Gasteiger partial charge >= 0.3 is 11.9 Å². The van der Waals surface area contributed by atoms with Gasteiger partial charge in [0.25, 0.3) is 0 Å². The predicted molar refractivity (Wildman–Crippen MR) is 43.6 cm³/mol. The molecule has 0 aromatic rings. The largest absolute Gasteiger partial charge is 0.372 e. The first-order valence-electron chi connectivity index (χ1n) is 3.91. The molecule has 0 radical (unpaired) electrons. The van der Waals surface area contributed by atoms with Gasteiger partial charge in [0.1, 0.15) is 0 Å². The maximum absolute atomic E-state index is 11.2. The van der Waals surface area contributed by atoms with Crippen molar-refractivity contribution in [3.8, 4) is 0 Å². The fraction of sp³-hybridized carbons (Fsp3) is 0.714. The Morgan fingerprint density at radius 3 is 1.54 bits per heavy atom. The minimum Gasteiger partial charge on any atom is -0.372 e. The van der Waals surface area contributed by atoms with Crippen LogP contribution in [0, 0.1) is 5.41 Å². The molecular formula is C7H14N2O4. The predicted octanol–water partition coefficient (Wildman–Crippen LogP) is -0.373. The Labute approximate surface area is 76.1 Å². The van der Waals surface area contributed by atoms with Crippen molar-refractivity contribution in [3.63, 3.8) is 0 Å². The highest BCUT2D eigenvalue weighted by Gasteiger charge is 2.46. The second kappa shape index (κ2) is 4.78. The Balaban J connectivity index is 4.90. The molecule has 0 spiro atoms. The lowest BCUT2D eigenvalue weighted by molar-refractivity contribution is -0.174. The second-order valence-electron chi connectivity index (χ2n) is 2.60. The van der Waals surface area contributed by atoms with Crippen LogP contribution in [0.5, 0.6) is 0 Å². The lowest BCUT2D eigenvalue weighted by Gasteiger charge is -2.23. The molecule has 13 heavy (non-hydrogen) atoms. The van der Waals surface area contributed by atoms with E-state index in [1.54, 1.807) is 13.8 Å². The summed E-state index contributed by atoms with van der Waals surface area (Å²) in [6, 6.07) is 0. The molecule has 4 N–H and O–H groups in total. The highest BCUT2D eigenvalue weighted by molar-refractivity contribution is 5.99. The number of carbonyl (C=O) groups excluding carboxylic acids is 2. The number of hydrogen-bond acceptors (Lipinski definition) is 6. The van der Waals surface area contributed by atoms with E-state index in [2.05, 4.69) is 9.68 Å². The maximum atomic E-state index is 11.2. The topological polar surface area (TPSA) is 105 Å². The average molecular weight is 190 g/mol. The fourth-order valence-electron chi connectivity index (χ4n) is 1.14. The van der Waals surface area contributed by atoms with Crippen molar-refractivity contribution >= 4 is 11.9 Å². The molecular weight excluding hydrogens is 176 g/mol. The van der Waals surface area contributed by atoms with Crippen LogP contribution < -0.4 is 11.8 Å². The molecule has 6 heteroatoms. The van der Waals surface area contributed by atoms with Crippen LogP contribution in [0.4, 0.5) is 0 Å². The third-order valence-corrected chi connectivity index (χ3v) is 2.20. The van der Waals surface area contributed by atoms with Crippen molar-refractivity contribution in [2.24, 2.45) is 17.2 Å². The highest BCUT2D eigenvalue weighted by Crippen LogP contribution is 2.28. The first kappa shape index (κ1) is 11.9. The Kier molecular flexibility index (Phi) is 4.36. The van der Waals surface area contributed by atoms with Crippen LogP contribution in [0.25, 0.3) is 0 Å². The van der Waals surface area contributed by atoms with Crippen LogP contribution in [0.15, 0.2) is 0 Å². The standard InChI is InChI=1S/C7H14N2O4/c1-3-7(4-2,5(10)12-8)6(11)13-9/h3-4,8-9H2,1-2H3. The lowest BCUT2D eigenvalue weighted by atomic mass is 9.82. The molecule has 0 atom stereocenters. The van der Waals surface area contributed by atoms with Crippen LogP contribution in [-0.4, -0.2) is 11.9 Å². The molecule has 0 saturated heterocycles. The SMILES string of the molecule is CCC(CC)(C(=O)ON)C(=O)ON. The van der Waals surface area contributed by atoms with E-state index in [0.717, 1.165) is 0 Å².